The largest absolute Gasteiger partial charge is 0.393 e. The van der Waals surface area contributed by atoms with Crippen LogP contribution < -0.4 is 0 Å². The van der Waals surface area contributed by atoms with Crippen molar-refractivity contribution in [2.24, 2.45) is 28.6 Å². The average Bonchev–Trinajstić information content (AvgIpc) is 2.77. The molecule has 0 radical (unpaired) electrons. The van der Waals surface area contributed by atoms with E-state index in [4.69, 9.17) is 0 Å². The Morgan fingerprint density at radius 2 is 1.73 bits per heavy atom. The van der Waals surface area contributed by atoms with E-state index in [1.807, 2.05) is 6.08 Å². The fourth-order valence-corrected chi connectivity index (χ4v) is 6.40. The summed E-state index contributed by atoms with van der Waals surface area (Å²) in [5.41, 5.74) is 1.20. The van der Waals surface area contributed by atoms with Crippen LogP contribution in [0.2, 0.25) is 0 Å². The Balaban J connectivity index is 1.75. The maximum atomic E-state index is 12.4. The van der Waals surface area contributed by atoms with Gasteiger partial charge in [0.15, 0.2) is 0 Å². The topological polar surface area (TPSA) is 57.5 Å². The van der Waals surface area contributed by atoms with Gasteiger partial charge in [-0.05, 0) is 61.7 Å². The molecule has 3 heteroatoms. The average molecular weight is 304 g/mol. The van der Waals surface area contributed by atoms with E-state index in [-0.39, 0.29) is 22.9 Å². The Morgan fingerprint density at radius 3 is 2.50 bits per heavy atom. The van der Waals surface area contributed by atoms with Crippen molar-refractivity contribution in [3.63, 3.8) is 0 Å². The van der Waals surface area contributed by atoms with E-state index in [2.05, 4.69) is 13.8 Å². The molecule has 0 aromatic rings. The first-order valence-electron chi connectivity index (χ1n) is 8.97. The first-order chi connectivity index (χ1) is 10.4. The maximum absolute atomic E-state index is 12.4. The second-order valence-corrected chi connectivity index (χ2v) is 8.70. The van der Waals surface area contributed by atoms with Gasteiger partial charge in [-0.2, -0.15) is 0 Å². The zero-order chi connectivity index (χ0) is 15.7. The molecule has 3 saturated carbocycles. The van der Waals surface area contributed by atoms with Crippen LogP contribution in [0, 0.1) is 28.6 Å². The van der Waals surface area contributed by atoms with Crippen molar-refractivity contribution in [1.82, 2.24) is 0 Å². The van der Waals surface area contributed by atoms with Crippen LogP contribution in [0.5, 0.6) is 0 Å². The number of Topliss-reactive ketones (excluding diaryl/α,β-unsaturated/α-hetero) is 1. The van der Waals surface area contributed by atoms with Crippen LogP contribution in [0.3, 0.4) is 0 Å². The molecular formula is C19H28O3. The third kappa shape index (κ3) is 1.78. The second kappa shape index (κ2) is 4.67. The van der Waals surface area contributed by atoms with Gasteiger partial charge in [0.05, 0.1) is 12.2 Å². The summed E-state index contributed by atoms with van der Waals surface area (Å²) < 4.78 is 0. The Kier molecular flexibility index (Phi) is 3.16. The molecule has 2 N–H and O–H groups in total. The zero-order valence-electron chi connectivity index (χ0n) is 13.7. The third-order valence-corrected chi connectivity index (χ3v) is 7.81. The van der Waals surface area contributed by atoms with Crippen LogP contribution in [0.4, 0.5) is 0 Å². The van der Waals surface area contributed by atoms with Crippen molar-refractivity contribution < 1.29 is 15.0 Å². The third-order valence-electron chi connectivity index (χ3n) is 7.81. The molecular weight excluding hydrogens is 276 g/mol. The molecule has 122 valence electrons. The van der Waals surface area contributed by atoms with Gasteiger partial charge in [-0.3, -0.25) is 4.79 Å². The van der Waals surface area contributed by atoms with Crippen molar-refractivity contribution >= 4 is 5.78 Å². The quantitative estimate of drug-likeness (QED) is 0.677. The van der Waals surface area contributed by atoms with E-state index >= 15 is 0 Å². The van der Waals surface area contributed by atoms with E-state index in [1.54, 1.807) is 0 Å². The highest BCUT2D eigenvalue weighted by Crippen LogP contribution is 2.63. The van der Waals surface area contributed by atoms with Gasteiger partial charge in [0.25, 0.3) is 0 Å². The van der Waals surface area contributed by atoms with Crippen LogP contribution in [0.1, 0.15) is 58.8 Å². The zero-order valence-corrected chi connectivity index (χ0v) is 13.7. The Hall–Kier alpha value is -0.670. The molecule has 0 unspecified atom stereocenters. The fourth-order valence-electron chi connectivity index (χ4n) is 6.40. The molecule has 3 fully saturated rings. The molecule has 0 bridgehead atoms. The number of carbonyl (C=O) groups is 1. The molecule has 7 atom stereocenters. The van der Waals surface area contributed by atoms with Crippen molar-refractivity contribution in [2.45, 2.75) is 71.0 Å². The van der Waals surface area contributed by atoms with Crippen LogP contribution in [-0.2, 0) is 4.79 Å². The predicted molar refractivity (Wildman–Crippen MR) is 84.1 cm³/mol. The lowest BCUT2D eigenvalue weighted by molar-refractivity contribution is -0.135. The molecule has 0 aromatic heterocycles. The number of hydrogen-bond donors (Lipinski definition) is 2. The van der Waals surface area contributed by atoms with E-state index < -0.39 is 6.10 Å². The smallest absolute Gasteiger partial charge is 0.139 e. The van der Waals surface area contributed by atoms with Gasteiger partial charge in [-0.15, -0.1) is 0 Å². The summed E-state index contributed by atoms with van der Waals surface area (Å²) in [5.74, 6) is 1.46. The molecule has 0 aromatic carbocycles. The second-order valence-electron chi connectivity index (χ2n) is 8.70. The van der Waals surface area contributed by atoms with E-state index in [1.165, 1.54) is 5.57 Å². The van der Waals surface area contributed by atoms with Gasteiger partial charge in [-0.25, -0.2) is 0 Å². The van der Waals surface area contributed by atoms with Crippen LogP contribution >= 0.6 is 0 Å². The number of fused-ring (bicyclic) bond motifs is 5. The first-order valence-corrected chi connectivity index (χ1v) is 8.97. The highest BCUT2D eigenvalue weighted by atomic mass is 16.3. The lowest BCUT2D eigenvalue weighted by Crippen LogP contribution is -2.54. The van der Waals surface area contributed by atoms with Crippen LogP contribution in [0.25, 0.3) is 0 Å². The minimum atomic E-state index is -0.436. The standard InChI is InChI=1S/C19H28O3/c1-18-7-5-12(20)9-11(18)10-15(21)17-13-3-4-16(22)19(13,2)8-6-14(17)18/h10,12-15,17,20-21H,3-9H2,1-2H3/t12-,13-,14-,15-,17-,18-,19-/m1/s1. The lowest BCUT2D eigenvalue weighted by Gasteiger charge is -2.58. The van der Waals surface area contributed by atoms with Crippen LogP contribution in [0.15, 0.2) is 11.6 Å². The molecule has 4 rings (SSSR count). The summed E-state index contributed by atoms with van der Waals surface area (Å²) in [4.78, 5) is 12.4. The van der Waals surface area contributed by atoms with Crippen LogP contribution in [-0.4, -0.2) is 28.2 Å². The minimum Gasteiger partial charge on any atom is -0.393 e. The van der Waals surface area contributed by atoms with Gasteiger partial charge < -0.3 is 10.2 Å². The number of aliphatic hydroxyl groups is 2. The van der Waals surface area contributed by atoms with Crippen molar-refractivity contribution in [1.29, 1.82) is 0 Å². The summed E-state index contributed by atoms with van der Waals surface area (Å²) in [7, 11) is 0. The fraction of sp³-hybridized carbons (Fsp3) is 0.842. The maximum Gasteiger partial charge on any atom is 0.139 e. The minimum absolute atomic E-state index is 0.121. The van der Waals surface area contributed by atoms with E-state index in [0.29, 0.717) is 24.0 Å². The molecule has 4 aliphatic rings. The Bertz CT molecular complexity index is 539. The number of ketones is 1. The molecule has 0 saturated heterocycles. The summed E-state index contributed by atoms with van der Waals surface area (Å²) >= 11 is 0. The van der Waals surface area contributed by atoms with E-state index in [9.17, 15) is 15.0 Å². The SMILES string of the molecule is C[C@@]12CC[C@@H]3[C@H]([C@H](O)C=C4C[C@H](O)CC[C@]43C)[C@H]1CCC2=O. The number of aliphatic hydroxyl groups excluding tert-OH is 2. The van der Waals surface area contributed by atoms with Crippen molar-refractivity contribution in [3.8, 4) is 0 Å². The Labute approximate surface area is 132 Å². The number of carbonyl (C=O) groups excluding carboxylic acids is 1. The van der Waals surface area contributed by atoms with Gasteiger partial charge in [-0.1, -0.05) is 25.5 Å². The monoisotopic (exact) mass is 304 g/mol. The van der Waals surface area contributed by atoms with Gasteiger partial charge in [0.1, 0.15) is 5.78 Å². The molecule has 4 aliphatic carbocycles. The molecule has 22 heavy (non-hydrogen) atoms. The summed E-state index contributed by atoms with van der Waals surface area (Å²) in [6.07, 6.45) is 7.65. The summed E-state index contributed by atoms with van der Waals surface area (Å²) in [6.45, 7) is 4.48. The molecule has 0 amide bonds. The summed E-state index contributed by atoms with van der Waals surface area (Å²) in [6, 6.07) is 0. The molecule has 3 nitrogen and oxygen atoms in total. The van der Waals surface area contributed by atoms with Gasteiger partial charge >= 0.3 is 0 Å². The first kappa shape index (κ1) is 14.9. The normalized spacial score (nSPS) is 54.3. The highest BCUT2D eigenvalue weighted by molar-refractivity contribution is 5.87. The van der Waals surface area contributed by atoms with Crippen molar-refractivity contribution in [3.05, 3.63) is 11.6 Å². The van der Waals surface area contributed by atoms with Gasteiger partial charge in [0.2, 0.25) is 0 Å². The van der Waals surface area contributed by atoms with Crippen molar-refractivity contribution in [2.75, 3.05) is 0 Å². The number of rotatable bonds is 0. The predicted octanol–water partition coefficient (Wildman–Crippen LogP) is 2.85. The molecule has 0 heterocycles. The highest BCUT2D eigenvalue weighted by Gasteiger charge is 2.60. The van der Waals surface area contributed by atoms with Gasteiger partial charge in [0, 0.05) is 11.8 Å². The van der Waals surface area contributed by atoms with E-state index in [0.717, 1.165) is 38.5 Å². The Morgan fingerprint density at radius 1 is 1.05 bits per heavy atom. The number of hydrogen-bond acceptors (Lipinski definition) is 3. The summed E-state index contributed by atoms with van der Waals surface area (Å²) in [5, 5.41) is 20.8. The lowest BCUT2D eigenvalue weighted by atomic mass is 9.47. The molecule has 0 spiro atoms. The molecule has 0 aliphatic heterocycles.